The van der Waals surface area contributed by atoms with E-state index in [1.807, 2.05) is 0 Å². The Bertz CT molecular complexity index is 849. The van der Waals surface area contributed by atoms with Crippen LogP contribution in [-0.2, 0) is 21.9 Å². The van der Waals surface area contributed by atoms with Crippen LogP contribution in [0.15, 0.2) is 45.3 Å². The SMILES string of the molecule is O=C(Oc1ccc(Br)c(C(F)(F)F)c1)C(=O)Oc1ccc(Br)c(C(F)(F)F)c1. The van der Waals surface area contributed by atoms with Crippen LogP contribution in [0.3, 0.4) is 0 Å². The first-order valence-corrected chi connectivity index (χ1v) is 8.55. The van der Waals surface area contributed by atoms with E-state index in [0.717, 1.165) is 24.3 Å². The molecule has 0 fully saturated rings. The smallest absolute Gasteiger partial charge is 0.418 e. The summed E-state index contributed by atoms with van der Waals surface area (Å²) in [7, 11) is 0. The van der Waals surface area contributed by atoms with Gasteiger partial charge in [-0.2, -0.15) is 26.3 Å². The predicted octanol–water partition coefficient (Wildman–Crippen LogP) is 5.76. The molecule has 150 valence electrons. The van der Waals surface area contributed by atoms with Gasteiger partial charge in [-0.15, -0.1) is 0 Å². The van der Waals surface area contributed by atoms with Crippen LogP contribution in [0.4, 0.5) is 26.3 Å². The van der Waals surface area contributed by atoms with Crippen molar-refractivity contribution in [3.8, 4) is 11.5 Å². The zero-order valence-corrected chi connectivity index (χ0v) is 16.3. The Morgan fingerprint density at radius 2 is 1.00 bits per heavy atom. The van der Waals surface area contributed by atoms with Crippen molar-refractivity contribution in [1.82, 2.24) is 0 Å². The van der Waals surface area contributed by atoms with Crippen molar-refractivity contribution in [1.29, 1.82) is 0 Å². The summed E-state index contributed by atoms with van der Waals surface area (Å²) in [5.74, 6) is -4.65. The number of rotatable bonds is 2. The van der Waals surface area contributed by atoms with E-state index in [4.69, 9.17) is 0 Å². The predicted molar refractivity (Wildman–Crippen MR) is 89.6 cm³/mol. The van der Waals surface area contributed by atoms with Gasteiger partial charge in [-0.1, -0.05) is 31.9 Å². The highest BCUT2D eigenvalue weighted by molar-refractivity contribution is 9.10. The second-order valence-corrected chi connectivity index (χ2v) is 6.77. The van der Waals surface area contributed by atoms with Gasteiger partial charge in [0.25, 0.3) is 0 Å². The minimum absolute atomic E-state index is 0.322. The van der Waals surface area contributed by atoms with Crippen molar-refractivity contribution in [2.75, 3.05) is 0 Å². The highest BCUT2D eigenvalue weighted by atomic mass is 79.9. The monoisotopic (exact) mass is 534 g/mol. The molecule has 0 aliphatic carbocycles. The number of halogens is 8. The maximum absolute atomic E-state index is 12.8. The molecule has 0 spiro atoms. The van der Waals surface area contributed by atoms with Crippen LogP contribution in [0.1, 0.15) is 11.1 Å². The van der Waals surface area contributed by atoms with E-state index in [9.17, 15) is 35.9 Å². The van der Waals surface area contributed by atoms with Crippen LogP contribution in [0.2, 0.25) is 0 Å². The first kappa shape index (κ1) is 22.2. The highest BCUT2D eigenvalue weighted by Crippen LogP contribution is 2.38. The Balaban J connectivity index is 2.16. The first-order chi connectivity index (χ1) is 12.8. The summed E-state index contributed by atoms with van der Waals surface area (Å²) in [4.78, 5) is 23.4. The molecule has 0 unspecified atom stereocenters. The normalized spacial score (nSPS) is 11.9. The number of ether oxygens (including phenoxy) is 2. The highest BCUT2D eigenvalue weighted by Gasteiger charge is 2.35. The molecular weight excluding hydrogens is 530 g/mol. The zero-order valence-electron chi connectivity index (χ0n) is 13.1. The quantitative estimate of drug-likeness (QED) is 0.212. The fraction of sp³-hybridized carbons (Fsp3) is 0.125. The summed E-state index contributed by atoms with van der Waals surface area (Å²) in [6.45, 7) is 0. The lowest BCUT2D eigenvalue weighted by atomic mass is 10.2. The zero-order chi connectivity index (χ0) is 21.3. The molecule has 2 rings (SSSR count). The number of carbonyl (C=O) groups excluding carboxylic acids is 2. The largest absolute Gasteiger partial charge is 0.423 e. The minimum atomic E-state index is -4.76. The molecule has 4 nitrogen and oxygen atoms in total. The van der Waals surface area contributed by atoms with Crippen LogP contribution >= 0.6 is 31.9 Å². The van der Waals surface area contributed by atoms with Gasteiger partial charge in [0.05, 0.1) is 11.1 Å². The van der Waals surface area contributed by atoms with Crippen LogP contribution in [-0.4, -0.2) is 11.9 Å². The number of benzene rings is 2. The molecule has 0 N–H and O–H groups in total. The maximum Gasteiger partial charge on any atom is 0.423 e. The summed E-state index contributed by atoms with van der Waals surface area (Å²) in [6.07, 6.45) is -9.51. The molecule has 0 atom stereocenters. The van der Waals surface area contributed by atoms with Crippen LogP contribution in [0, 0.1) is 0 Å². The lowest BCUT2D eigenvalue weighted by Gasteiger charge is -2.12. The molecule has 0 saturated heterocycles. The van der Waals surface area contributed by atoms with Gasteiger partial charge in [0, 0.05) is 8.95 Å². The van der Waals surface area contributed by atoms with Crippen molar-refractivity contribution in [3.05, 3.63) is 56.5 Å². The molecular formula is C16H6Br2F6O4. The molecule has 0 aliphatic rings. The molecule has 0 amide bonds. The molecule has 0 heterocycles. The van der Waals surface area contributed by atoms with Crippen molar-refractivity contribution >= 4 is 43.8 Å². The minimum Gasteiger partial charge on any atom is -0.418 e. The third-order valence-corrected chi connectivity index (χ3v) is 4.46. The molecule has 2 aromatic carbocycles. The second-order valence-electron chi connectivity index (χ2n) is 5.06. The fourth-order valence-corrected chi connectivity index (χ4v) is 2.81. The van der Waals surface area contributed by atoms with E-state index in [1.54, 1.807) is 0 Å². The Morgan fingerprint density at radius 1 is 0.679 bits per heavy atom. The molecule has 28 heavy (non-hydrogen) atoms. The van der Waals surface area contributed by atoms with E-state index in [-0.39, 0.29) is 8.95 Å². The van der Waals surface area contributed by atoms with Crippen LogP contribution < -0.4 is 9.47 Å². The number of hydrogen-bond donors (Lipinski definition) is 0. The van der Waals surface area contributed by atoms with E-state index in [2.05, 4.69) is 41.3 Å². The van der Waals surface area contributed by atoms with Gasteiger partial charge in [0.2, 0.25) is 0 Å². The van der Waals surface area contributed by atoms with Crippen LogP contribution in [0.25, 0.3) is 0 Å². The number of carbonyl (C=O) groups is 2. The summed E-state index contributed by atoms with van der Waals surface area (Å²) in [6, 6.07) is 4.79. The second kappa shape index (κ2) is 8.11. The summed E-state index contributed by atoms with van der Waals surface area (Å²) in [5, 5.41) is 0. The lowest BCUT2D eigenvalue weighted by Crippen LogP contribution is -2.25. The topological polar surface area (TPSA) is 52.6 Å². The maximum atomic E-state index is 12.8. The van der Waals surface area contributed by atoms with Crippen molar-refractivity contribution in [3.63, 3.8) is 0 Å². The molecule has 2 aromatic rings. The molecule has 0 aliphatic heterocycles. The van der Waals surface area contributed by atoms with Gasteiger partial charge < -0.3 is 9.47 Å². The third kappa shape index (κ3) is 5.47. The number of esters is 2. The molecule has 0 bridgehead atoms. The Labute approximate surface area is 169 Å². The average molecular weight is 536 g/mol. The van der Waals surface area contributed by atoms with Crippen molar-refractivity contribution in [2.45, 2.75) is 12.4 Å². The van der Waals surface area contributed by atoms with Crippen LogP contribution in [0.5, 0.6) is 11.5 Å². The van der Waals surface area contributed by atoms with Crippen molar-refractivity contribution in [2.24, 2.45) is 0 Å². The average Bonchev–Trinajstić information content (AvgIpc) is 2.56. The summed E-state index contributed by atoms with van der Waals surface area (Å²) in [5.41, 5.74) is -2.32. The van der Waals surface area contributed by atoms with Gasteiger partial charge in [-0.05, 0) is 36.4 Å². The van der Waals surface area contributed by atoms with Gasteiger partial charge in [-0.3, -0.25) is 0 Å². The molecule has 0 radical (unpaired) electrons. The van der Waals surface area contributed by atoms with Gasteiger partial charge in [0.15, 0.2) is 0 Å². The van der Waals surface area contributed by atoms with E-state index < -0.39 is 46.9 Å². The van der Waals surface area contributed by atoms with E-state index in [0.29, 0.717) is 12.1 Å². The number of alkyl halides is 6. The van der Waals surface area contributed by atoms with Gasteiger partial charge in [0.1, 0.15) is 11.5 Å². The van der Waals surface area contributed by atoms with E-state index >= 15 is 0 Å². The Morgan fingerprint density at radius 3 is 1.29 bits per heavy atom. The lowest BCUT2D eigenvalue weighted by molar-refractivity contribution is -0.156. The Kier molecular flexibility index (Phi) is 6.44. The van der Waals surface area contributed by atoms with Gasteiger partial charge >= 0.3 is 24.3 Å². The standard InChI is InChI=1S/C16H6Br2F6O4/c17-11-3-1-7(5-9(11)15(19,20)21)27-13(25)14(26)28-8-2-4-12(18)10(6-8)16(22,23)24/h1-6H. The van der Waals surface area contributed by atoms with Crippen molar-refractivity contribution < 1.29 is 45.4 Å². The van der Waals surface area contributed by atoms with Gasteiger partial charge in [-0.25, -0.2) is 9.59 Å². The molecule has 0 saturated carbocycles. The third-order valence-electron chi connectivity index (χ3n) is 3.07. The summed E-state index contributed by atoms with van der Waals surface area (Å²) < 4.78 is 85.3. The number of hydrogen-bond acceptors (Lipinski definition) is 4. The Hall–Kier alpha value is -2.08. The summed E-state index contributed by atoms with van der Waals surface area (Å²) >= 11 is 5.37. The molecule has 0 aromatic heterocycles. The first-order valence-electron chi connectivity index (χ1n) is 6.96. The van der Waals surface area contributed by atoms with E-state index in [1.165, 1.54) is 0 Å². The molecule has 12 heteroatoms. The fourth-order valence-electron chi connectivity index (χ4n) is 1.87.